The molecule has 0 atom stereocenters. The molecule has 14 heavy (non-hydrogen) atoms. The molecule has 0 aliphatic heterocycles. The van der Waals surface area contributed by atoms with Gasteiger partial charge in [0.25, 0.3) is 0 Å². The topological polar surface area (TPSA) is 13.1 Å². The van der Waals surface area contributed by atoms with Gasteiger partial charge >= 0.3 is 0 Å². The molecule has 0 fully saturated rings. The summed E-state index contributed by atoms with van der Waals surface area (Å²) in [4.78, 5) is 5.49. The number of hydrogen-bond acceptors (Lipinski definition) is 1. The van der Waals surface area contributed by atoms with E-state index in [4.69, 9.17) is 16.4 Å². The molecular weight excluding hydrogens is 198 g/mol. The van der Waals surface area contributed by atoms with Gasteiger partial charge in [0.2, 0.25) is 18.1 Å². The molecule has 2 aromatic rings. The van der Waals surface area contributed by atoms with E-state index in [1.54, 1.807) is 10.8 Å². The number of halogens is 1. The fourth-order valence-corrected chi connectivity index (χ4v) is 1.27. The Bertz CT molecular complexity index is 417. The maximum atomic E-state index is 5.82. The summed E-state index contributed by atoms with van der Waals surface area (Å²) in [5.41, 5.74) is 0. The highest BCUT2D eigenvalue weighted by Crippen LogP contribution is 2.15. The molecule has 1 heterocycles. The van der Waals surface area contributed by atoms with Crippen molar-refractivity contribution in [2.24, 2.45) is 0 Å². The van der Waals surface area contributed by atoms with E-state index >= 15 is 0 Å². The lowest BCUT2D eigenvalue weighted by Crippen LogP contribution is -2.38. The van der Waals surface area contributed by atoms with Gasteiger partial charge in [0.15, 0.2) is 0 Å². The van der Waals surface area contributed by atoms with Crippen LogP contribution in [0.25, 0.3) is 0 Å². The molecule has 3 heteroatoms. The second-order valence-corrected chi connectivity index (χ2v) is 3.22. The molecule has 0 saturated heterocycles. The Morgan fingerprint density at radius 1 is 1.00 bits per heavy atom. The first-order chi connectivity index (χ1) is 6.84. The number of rotatable bonds is 2. The van der Waals surface area contributed by atoms with Crippen LogP contribution in [0.1, 0.15) is 0 Å². The van der Waals surface area contributed by atoms with E-state index < -0.39 is 0 Å². The van der Waals surface area contributed by atoms with Crippen molar-refractivity contribution in [2.45, 2.75) is 0 Å². The molecule has 1 aromatic carbocycles. The molecule has 2 nitrogen and oxygen atoms in total. The predicted octanol–water partition coefficient (Wildman–Crippen LogP) is 2.47. The van der Waals surface area contributed by atoms with E-state index in [1.165, 1.54) is 0 Å². The summed E-state index contributed by atoms with van der Waals surface area (Å²) in [6.45, 7) is 0. The van der Waals surface area contributed by atoms with E-state index in [2.05, 4.69) is 0 Å². The highest BCUT2D eigenvalue weighted by molar-refractivity contribution is 6.30. The van der Waals surface area contributed by atoms with Gasteiger partial charge in [-0.15, -0.1) is 0 Å². The zero-order valence-corrected chi connectivity index (χ0v) is 8.19. The van der Waals surface area contributed by atoms with Crippen molar-refractivity contribution in [3.63, 3.8) is 0 Å². The van der Waals surface area contributed by atoms with Crippen LogP contribution in [-0.4, -0.2) is 0 Å². The van der Waals surface area contributed by atoms with Crippen LogP contribution < -0.4 is 9.57 Å². The van der Waals surface area contributed by atoms with Gasteiger partial charge in [-0.2, -0.15) is 0 Å². The lowest BCUT2D eigenvalue weighted by Gasteiger charge is -1.97. The summed E-state index contributed by atoms with van der Waals surface area (Å²) >= 11 is 5.82. The lowest BCUT2D eigenvalue weighted by molar-refractivity contribution is -0.875. The third kappa shape index (κ3) is 2.24. The average Bonchev–Trinajstić information content (AvgIpc) is 2.19. The monoisotopic (exact) mass is 206 g/mol. The minimum absolute atomic E-state index is 0.666. The van der Waals surface area contributed by atoms with Crippen LogP contribution >= 0.6 is 11.6 Å². The predicted molar refractivity (Wildman–Crippen MR) is 54.1 cm³/mol. The Kier molecular flexibility index (Phi) is 2.65. The Labute approximate surface area is 87.3 Å². The molecule has 0 aliphatic rings. The van der Waals surface area contributed by atoms with Gasteiger partial charge in [0, 0.05) is 28.0 Å². The molecule has 70 valence electrons. The molecular formula is C11H9ClNO+. The van der Waals surface area contributed by atoms with Crippen molar-refractivity contribution < 1.29 is 9.57 Å². The van der Waals surface area contributed by atoms with E-state index in [1.807, 2.05) is 48.8 Å². The second kappa shape index (κ2) is 4.11. The maximum absolute atomic E-state index is 5.82. The average molecular weight is 207 g/mol. The normalized spacial score (nSPS) is 9.79. The maximum Gasteiger partial charge on any atom is 0.223 e. The molecule has 0 amide bonds. The van der Waals surface area contributed by atoms with Crippen LogP contribution in [0.15, 0.2) is 54.9 Å². The first kappa shape index (κ1) is 9.03. The molecule has 0 saturated carbocycles. The summed E-state index contributed by atoms with van der Waals surface area (Å²) in [7, 11) is 0. The Balaban J connectivity index is 2.19. The minimum Gasteiger partial charge on any atom is -0.231 e. The molecule has 0 radical (unpaired) electrons. The SMILES string of the molecule is Clc1cccc(O[n+]2ccccc2)c1. The number of aromatic nitrogens is 1. The fraction of sp³-hybridized carbons (Fsp3) is 0. The van der Waals surface area contributed by atoms with Crippen molar-refractivity contribution in [1.82, 2.24) is 0 Å². The summed E-state index contributed by atoms with van der Waals surface area (Å²) in [6.07, 6.45) is 3.64. The Morgan fingerprint density at radius 3 is 2.50 bits per heavy atom. The van der Waals surface area contributed by atoms with Crippen molar-refractivity contribution in [3.8, 4) is 5.75 Å². The minimum atomic E-state index is 0.666. The summed E-state index contributed by atoms with van der Waals surface area (Å²) in [5.74, 6) is 0.716. The van der Waals surface area contributed by atoms with Gasteiger partial charge in [0.05, 0.1) is 0 Å². The van der Waals surface area contributed by atoms with Crippen LogP contribution in [0.2, 0.25) is 5.02 Å². The highest BCUT2D eigenvalue weighted by Gasteiger charge is 2.01. The number of nitrogens with zero attached hydrogens (tertiary/aromatic N) is 1. The van der Waals surface area contributed by atoms with E-state index in [0.717, 1.165) is 0 Å². The standard InChI is InChI=1S/C11H9ClNO/c12-10-5-4-6-11(9-10)14-13-7-2-1-3-8-13/h1-9H/q+1. The second-order valence-electron chi connectivity index (χ2n) is 2.78. The smallest absolute Gasteiger partial charge is 0.223 e. The largest absolute Gasteiger partial charge is 0.231 e. The van der Waals surface area contributed by atoms with Gasteiger partial charge in [0.1, 0.15) is 0 Å². The number of pyridine rings is 1. The molecule has 0 spiro atoms. The van der Waals surface area contributed by atoms with E-state index in [-0.39, 0.29) is 0 Å². The molecule has 1 aromatic heterocycles. The molecule has 2 rings (SSSR count). The fourth-order valence-electron chi connectivity index (χ4n) is 1.09. The van der Waals surface area contributed by atoms with Gasteiger partial charge in [-0.25, -0.2) is 4.84 Å². The van der Waals surface area contributed by atoms with Gasteiger partial charge in [-0.1, -0.05) is 23.7 Å². The molecule has 0 N–H and O–H groups in total. The summed E-state index contributed by atoms with van der Waals surface area (Å²) in [6, 6.07) is 13.0. The van der Waals surface area contributed by atoms with Crippen molar-refractivity contribution >= 4 is 11.6 Å². The summed E-state index contributed by atoms with van der Waals surface area (Å²) in [5, 5.41) is 0.666. The molecule has 0 bridgehead atoms. The van der Waals surface area contributed by atoms with Gasteiger partial charge in [-0.3, -0.25) is 0 Å². The van der Waals surface area contributed by atoms with Crippen LogP contribution in [0.4, 0.5) is 0 Å². The van der Waals surface area contributed by atoms with E-state index in [9.17, 15) is 0 Å². The van der Waals surface area contributed by atoms with Crippen molar-refractivity contribution in [2.75, 3.05) is 0 Å². The Morgan fingerprint density at radius 2 is 1.79 bits per heavy atom. The number of hydrogen-bond donors (Lipinski definition) is 0. The van der Waals surface area contributed by atoms with Crippen LogP contribution in [0, 0.1) is 0 Å². The quantitative estimate of drug-likeness (QED) is 0.688. The third-order valence-electron chi connectivity index (χ3n) is 1.70. The zero-order chi connectivity index (χ0) is 9.80. The lowest BCUT2D eigenvalue weighted by atomic mass is 10.3. The van der Waals surface area contributed by atoms with E-state index in [0.29, 0.717) is 10.8 Å². The molecule has 0 unspecified atom stereocenters. The first-order valence-electron chi connectivity index (χ1n) is 4.25. The van der Waals surface area contributed by atoms with Crippen molar-refractivity contribution in [3.05, 3.63) is 59.9 Å². The Hall–Kier alpha value is -1.54. The molecule has 0 aliphatic carbocycles. The van der Waals surface area contributed by atoms with Crippen LogP contribution in [0.3, 0.4) is 0 Å². The third-order valence-corrected chi connectivity index (χ3v) is 1.93. The summed E-state index contributed by atoms with van der Waals surface area (Å²) < 4.78 is 1.62. The van der Waals surface area contributed by atoms with Crippen LogP contribution in [0.5, 0.6) is 5.75 Å². The highest BCUT2D eigenvalue weighted by atomic mass is 35.5. The number of benzene rings is 1. The van der Waals surface area contributed by atoms with Gasteiger partial charge < -0.3 is 0 Å². The zero-order valence-electron chi connectivity index (χ0n) is 7.43. The van der Waals surface area contributed by atoms with Crippen molar-refractivity contribution in [1.29, 1.82) is 0 Å². The van der Waals surface area contributed by atoms with Crippen LogP contribution in [-0.2, 0) is 0 Å². The van der Waals surface area contributed by atoms with Gasteiger partial charge in [-0.05, 0) is 12.1 Å². The first-order valence-corrected chi connectivity index (χ1v) is 4.62.